The second-order valence-electron chi connectivity index (χ2n) is 13.4. The minimum atomic E-state index is -3.17. The topological polar surface area (TPSA) is 109 Å². The van der Waals surface area contributed by atoms with Gasteiger partial charge in [0.2, 0.25) is 20.0 Å². The SMILES string of the molecule is CNS(=O)(=O)CCc1ccc2c(c1)c(C1=CCN(C)CC1)cn2C.CNS(=O)(=O)CCc1ccc2c(c1)c(C1CCN(C)CC1)cn2C. The van der Waals surface area contributed by atoms with E-state index in [2.05, 4.69) is 99.3 Å². The van der Waals surface area contributed by atoms with Crippen molar-refractivity contribution in [3.63, 3.8) is 0 Å². The summed E-state index contributed by atoms with van der Waals surface area (Å²) in [6.45, 7) is 4.33. The van der Waals surface area contributed by atoms with Gasteiger partial charge >= 0.3 is 0 Å². The fraction of sp³-hybridized carbons (Fsp3) is 0.500. The first-order valence-corrected chi connectivity index (χ1v) is 20.1. The average Bonchev–Trinajstić information content (AvgIpc) is 3.59. The highest BCUT2D eigenvalue weighted by atomic mass is 32.2. The molecule has 0 unspecified atom stereocenters. The Hall–Kier alpha value is -3.00. The van der Waals surface area contributed by atoms with Crippen LogP contribution < -0.4 is 9.44 Å². The molecule has 2 aromatic heterocycles. The number of hydrogen-bond acceptors (Lipinski definition) is 6. The summed E-state index contributed by atoms with van der Waals surface area (Å²) < 4.78 is 55.7. The maximum Gasteiger partial charge on any atom is 0.211 e. The third kappa shape index (κ3) is 8.77. The summed E-state index contributed by atoms with van der Waals surface area (Å²) in [5.41, 5.74) is 8.63. The van der Waals surface area contributed by atoms with Crippen LogP contribution in [0.2, 0.25) is 0 Å². The lowest BCUT2D eigenvalue weighted by Crippen LogP contribution is -2.29. The minimum Gasteiger partial charge on any atom is -0.350 e. The molecule has 4 aromatic rings. The second kappa shape index (κ2) is 15.3. The van der Waals surface area contributed by atoms with E-state index in [1.807, 2.05) is 12.1 Å². The smallest absolute Gasteiger partial charge is 0.211 e. The van der Waals surface area contributed by atoms with Gasteiger partial charge in [-0.25, -0.2) is 26.3 Å². The van der Waals surface area contributed by atoms with Crippen LogP contribution in [0.4, 0.5) is 0 Å². The summed E-state index contributed by atoms with van der Waals surface area (Å²) in [7, 11) is 5.05. The highest BCUT2D eigenvalue weighted by molar-refractivity contribution is 7.89. The Balaban J connectivity index is 0.000000188. The molecule has 0 spiro atoms. The van der Waals surface area contributed by atoms with Crippen LogP contribution in [-0.2, 0) is 47.0 Å². The third-order valence-corrected chi connectivity index (χ3v) is 12.7. The largest absolute Gasteiger partial charge is 0.350 e. The number of likely N-dealkylation sites (N-methyl/N-ethyl adjacent to an activating group) is 1. The average molecular weight is 697 g/mol. The van der Waals surface area contributed by atoms with Gasteiger partial charge in [0.15, 0.2) is 0 Å². The maximum atomic E-state index is 11.7. The molecule has 1 saturated heterocycles. The van der Waals surface area contributed by atoms with Crippen molar-refractivity contribution in [3.8, 4) is 0 Å². The molecule has 2 aromatic carbocycles. The van der Waals surface area contributed by atoms with E-state index in [0.717, 1.165) is 43.7 Å². The molecular formula is C36H52N6O4S2. The summed E-state index contributed by atoms with van der Waals surface area (Å²) in [4.78, 5) is 4.69. The Morgan fingerprint density at radius 1 is 0.708 bits per heavy atom. The monoisotopic (exact) mass is 696 g/mol. The first-order valence-electron chi connectivity index (χ1n) is 16.8. The molecule has 4 heterocycles. The van der Waals surface area contributed by atoms with Gasteiger partial charge in [-0.1, -0.05) is 18.2 Å². The van der Waals surface area contributed by atoms with E-state index >= 15 is 0 Å². The van der Waals surface area contributed by atoms with Gasteiger partial charge in [-0.2, -0.15) is 0 Å². The van der Waals surface area contributed by atoms with Crippen molar-refractivity contribution in [2.75, 3.05) is 65.9 Å². The summed E-state index contributed by atoms with van der Waals surface area (Å²) in [6.07, 6.45) is 11.2. The Morgan fingerprint density at radius 2 is 1.25 bits per heavy atom. The zero-order valence-electron chi connectivity index (χ0n) is 29.3. The number of likely N-dealkylation sites (tertiary alicyclic amines) is 1. The molecule has 12 heteroatoms. The summed E-state index contributed by atoms with van der Waals surface area (Å²) in [5.74, 6) is 0.844. The van der Waals surface area contributed by atoms with Crippen LogP contribution in [0, 0.1) is 0 Å². The van der Waals surface area contributed by atoms with Crippen LogP contribution in [0.15, 0.2) is 54.9 Å². The van der Waals surface area contributed by atoms with E-state index in [1.54, 1.807) is 0 Å². The van der Waals surface area contributed by atoms with Crippen LogP contribution in [0.25, 0.3) is 27.4 Å². The van der Waals surface area contributed by atoms with E-state index in [9.17, 15) is 16.8 Å². The van der Waals surface area contributed by atoms with E-state index in [1.165, 1.54) is 65.4 Å². The highest BCUT2D eigenvalue weighted by Crippen LogP contribution is 2.35. The number of nitrogens with zero attached hydrogens (tertiary/aromatic N) is 4. The van der Waals surface area contributed by atoms with Gasteiger partial charge in [0.05, 0.1) is 11.5 Å². The fourth-order valence-electron chi connectivity index (χ4n) is 6.84. The molecule has 262 valence electrons. The molecular weight excluding hydrogens is 645 g/mol. The lowest BCUT2D eigenvalue weighted by Gasteiger charge is -2.28. The van der Waals surface area contributed by atoms with Crippen LogP contribution in [0.1, 0.15) is 47.4 Å². The number of piperidine rings is 1. The number of rotatable bonds is 10. The Labute approximate surface area is 286 Å². The predicted molar refractivity (Wildman–Crippen MR) is 199 cm³/mol. The molecule has 6 rings (SSSR count). The van der Waals surface area contributed by atoms with Crippen LogP contribution in [0.5, 0.6) is 0 Å². The van der Waals surface area contributed by atoms with E-state index < -0.39 is 20.0 Å². The van der Waals surface area contributed by atoms with Crippen molar-refractivity contribution in [1.29, 1.82) is 0 Å². The van der Waals surface area contributed by atoms with Crippen molar-refractivity contribution >= 4 is 47.4 Å². The number of fused-ring (bicyclic) bond motifs is 2. The molecule has 48 heavy (non-hydrogen) atoms. The molecule has 0 atom stereocenters. The quantitative estimate of drug-likeness (QED) is 0.259. The Morgan fingerprint density at radius 3 is 1.79 bits per heavy atom. The Kier molecular flexibility index (Phi) is 11.5. The summed E-state index contributed by atoms with van der Waals surface area (Å²) >= 11 is 0. The second-order valence-corrected chi connectivity index (χ2v) is 17.5. The van der Waals surface area contributed by atoms with E-state index in [0.29, 0.717) is 18.8 Å². The van der Waals surface area contributed by atoms with E-state index in [-0.39, 0.29) is 11.5 Å². The van der Waals surface area contributed by atoms with Gasteiger partial charge in [-0.15, -0.1) is 0 Å². The highest BCUT2D eigenvalue weighted by Gasteiger charge is 2.22. The van der Waals surface area contributed by atoms with Gasteiger partial charge in [-0.05, 0) is 126 Å². The Bertz CT molecular complexity index is 1990. The number of sulfonamides is 2. The lowest BCUT2D eigenvalue weighted by molar-refractivity contribution is 0.256. The van der Waals surface area contributed by atoms with Crippen LogP contribution >= 0.6 is 0 Å². The van der Waals surface area contributed by atoms with Crippen molar-refractivity contribution in [2.45, 2.75) is 38.0 Å². The van der Waals surface area contributed by atoms with Crippen LogP contribution in [-0.4, -0.2) is 102 Å². The lowest BCUT2D eigenvalue weighted by atomic mass is 9.89. The number of nitrogens with one attached hydrogen (secondary N) is 2. The predicted octanol–water partition coefficient (Wildman–Crippen LogP) is 4.07. The summed E-state index contributed by atoms with van der Waals surface area (Å²) in [6, 6.07) is 12.6. The standard InChI is InChI=1S/C18H27N3O2S.C18H25N3O2S/c2*1-19-24(22,23)11-8-14-4-5-18-16(12-14)17(13-21(18)3)15-6-9-20(2)10-7-15/h4-5,12-13,15,19H,6-11H2,1-3H3;4-6,12-13,19H,7-11H2,1-3H3. The van der Waals surface area contributed by atoms with Gasteiger partial charge in [0.25, 0.3) is 0 Å². The number of aromatic nitrogens is 2. The van der Waals surface area contributed by atoms with Gasteiger partial charge in [-0.3, -0.25) is 0 Å². The molecule has 0 amide bonds. The normalized spacial score (nSPS) is 17.1. The molecule has 0 saturated carbocycles. The fourth-order valence-corrected chi connectivity index (χ4v) is 8.26. The molecule has 0 radical (unpaired) electrons. The molecule has 2 N–H and O–H groups in total. The molecule has 0 bridgehead atoms. The first kappa shape index (κ1) is 36.3. The molecule has 0 aliphatic carbocycles. The molecule has 1 fully saturated rings. The molecule has 2 aliphatic rings. The van der Waals surface area contributed by atoms with Crippen molar-refractivity contribution in [2.24, 2.45) is 14.1 Å². The molecule has 10 nitrogen and oxygen atoms in total. The summed E-state index contributed by atoms with van der Waals surface area (Å²) in [5, 5.41) is 2.50. The number of aryl methyl sites for hydroxylation is 4. The zero-order chi connectivity index (χ0) is 34.6. The van der Waals surface area contributed by atoms with Crippen molar-refractivity contribution < 1.29 is 16.8 Å². The first-order chi connectivity index (χ1) is 22.8. The maximum absolute atomic E-state index is 11.7. The van der Waals surface area contributed by atoms with E-state index in [4.69, 9.17) is 0 Å². The third-order valence-electron chi connectivity index (χ3n) is 10.00. The van der Waals surface area contributed by atoms with Gasteiger partial charge in [0.1, 0.15) is 0 Å². The van der Waals surface area contributed by atoms with Crippen molar-refractivity contribution in [1.82, 2.24) is 28.4 Å². The van der Waals surface area contributed by atoms with Gasteiger partial charge in [0, 0.05) is 66.9 Å². The zero-order valence-corrected chi connectivity index (χ0v) is 30.9. The number of benzene rings is 2. The molecule has 2 aliphatic heterocycles. The van der Waals surface area contributed by atoms with Crippen molar-refractivity contribution in [3.05, 3.63) is 77.1 Å². The van der Waals surface area contributed by atoms with Crippen LogP contribution in [0.3, 0.4) is 0 Å². The van der Waals surface area contributed by atoms with Gasteiger partial charge < -0.3 is 18.9 Å². The minimum absolute atomic E-state index is 0.116. The number of hydrogen-bond donors (Lipinski definition) is 2.